The molecule has 1 aromatic carbocycles. The third kappa shape index (κ3) is 5.74. The van der Waals surface area contributed by atoms with Crippen molar-refractivity contribution in [2.45, 2.75) is 31.7 Å². The monoisotopic (exact) mass is 348 g/mol. The van der Waals surface area contributed by atoms with Gasteiger partial charge in [0.15, 0.2) is 0 Å². The molecule has 0 atom stereocenters. The minimum absolute atomic E-state index is 0.219. The van der Waals surface area contributed by atoms with Gasteiger partial charge < -0.3 is 9.64 Å². The van der Waals surface area contributed by atoms with Crippen LogP contribution in [-0.4, -0.2) is 49.6 Å². The summed E-state index contributed by atoms with van der Waals surface area (Å²) in [5.41, 5.74) is 0. The largest absolute Gasteiger partial charge is 0.415 e. The van der Waals surface area contributed by atoms with E-state index in [9.17, 15) is 4.79 Å². The van der Waals surface area contributed by atoms with Crippen LogP contribution in [-0.2, 0) is 0 Å². The molecule has 0 N–H and O–H groups in total. The first-order valence-electron chi connectivity index (χ1n) is 8.29. The van der Waals surface area contributed by atoms with Gasteiger partial charge in [-0.3, -0.25) is 4.90 Å². The Bertz CT molecular complexity index is 596. The van der Waals surface area contributed by atoms with E-state index in [0.29, 0.717) is 16.7 Å². The van der Waals surface area contributed by atoms with Crippen molar-refractivity contribution in [1.82, 2.24) is 9.80 Å². The summed E-state index contributed by atoms with van der Waals surface area (Å²) in [5, 5.41) is 0.622. The molecule has 0 radical (unpaired) electrons. The van der Waals surface area contributed by atoms with Gasteiger partial charge in [0, 0.05) is 24.0 Å². The van der Waals surface area contributed by atoms with E-state index >= 15 is 0 Å². The maximum Gasteiger partial charge on any atom is 0.415 e. The first-order chi connectivity index (χ1) is 11.5. The van der Waals surface area contributed by atoms with Gasteiger partial charge in [0.25, 0.3) is 0 Å². The molecule has 5 heteroatoms. The number of hydrogen-bond acceptors (Lipinski definition) is 3. The lowest BCUT2D eigenvalue weighted by Crippen LogP contribution is -2.40. The van der Waals surface area contributed by atoms with Crippen LogP contribution < -0.4 is 4.74 Å². The summed E-state index contributed by atoms with van der Waals surface area (Å²) in [6, 6.07) is 7.04. The highest BCUT2D eigenvalue weighted by Crippen LogP contribution is 2.27. The fourth-order valence-corrected chi connectivity index (χ4v) is 2.91. The van der Waals surface area contributed by atoms with Crippen LogP contribution >= 0.6 is 11.6 Å². The van der Waals surface area contributed by atoms with Crippen LogP contribution in [0, 0.1) is 17.8 Å². The number of hydrogen-bond donors (Lipinski definition) is 0. The molecule has 1 fully saturated rings. The first-order valence-corrected chi connectivity index (χ1v) is 8.67. The molecular weight excluding hydrogens is 324 g/mol. The van der Waals surface area contributed by atoms with Gasteiger partial charge in [-0.25, -0.2) is 4.79 Å². The van der Waals surface area contributed by atoms with Gasteiger partial charge in [0.2, 0.25) is 0 Å². The van der Waals surface area contributed by atoms with E-state index in [-0.39, 0.29) is 12.1 Å². The van der Waals surface area contributed by atoms with E-state index in [1.54, 1.807) is 36.2 Å². The second kappa shape index (κ2) is 8.96. The summed E-state index contributed by atoms with van der Waals surface area (Å²) in [4.78, 5) is 16.0. The smallest absolute Gasteiger partial charge is 0.410 e. The zero-order valence-electron chi connectivity index (χ0n) is 14.6. The van der Waals surface area contributed by atoms with E-state index in [1.165, 1.54) is 0 Å². The molecule has 0 bridgehead atoms. The summed E-state index contributed by atoms with van der Waals surface area (Å²) >= 11 is 5.83. The van der Waals surface area contributed by atoms with Crippen molar-refractivity contribution in [1.29, 1.82) is 0 Å². The third-order valence-corrected chi connectivity index (χ3v) is 4.50. The lowest BCUT2D eigenvalue weighted by atomic mass is 9.86. The van der Waals surface area contributed by atoms with Gasteiger partial charge in [-0.15, -0.1) is 0 Å². The molecule has 0 heterocycles. The molecule has 1 saturated carbocycles. The Labute approximate surface area is 149 Å². The van der Waals surface area contributed by atoms with Crippen LogP contribution in [0.2, 0.25) is 5.02 Å². The van der Waals surface area contributed by atoms with Crippen molar-refractivity contribution >= 4 is 17.7 Å². The Morgan fingerprint density at radius 2 is 1.79 bits per heavy atom. The average molecular weight is 349 g/mol. The molecule has 2 rings (SSSR count). The van der Waals surface area contributed by atoms with Gasteiger partial charge in [-0.2, -0.15) is 0 Å². The normalized spacial score (nSPS) is 20.2. The Balaban J connectivity index is 1.81. The molecule has 0 aromatic heterocycles. The Morgan fingerprint density at radius 3 is 2.38 bits per heavy atom. The molecule has 1 aromatic rings. The summed E-state index contributed by atoms with van der Waals surface area (Å²) in [5.74, 6) is 7.53. The topological polar surface area (TPSA) is 32.8 Å². The lowest BCUT2D eigenvalue weighted by molar-refractivity contribution is 0.129. The summed E-state index contributed by atoms with van der Waals surface area (Å²) in [7, 11) is 5.85. The van der Waals surface area contributed by atoms with Gasteiger partial charge in [-0.05, 0) is 64.0 Å². The predicted octanol–water partition coefficient (Wildman–Crippen LogP) is 3.89. The number of benzene rings is 1. The van der Waals surface area contributed by atoms with Crippen molar-refractivity contribution in [2.75, 3.05) is 27.7 Å². The number of amides is 1. The Morgan fingerprint density at radius 1 is 1.17 bits per heavy atom. The predicted molar refractivity (Wildman–Crippen MR) is 97.3 cm³/mol. The average Bonchev–Trinajstić information content (AvgIpc) is 2.56. The van der Waals surface area contributed by atoms with Crippen molar-refractivity contribution < 1.29 is 9.53 Å². The van der Waals surface area contributed by atoms with Crippen LogP contribution in [0.15, 0.2) is 24.3 Å². The molecule has 1 aliphatic rings. The zero-order valence-corrected chi connectivity index (χ0v) is 15.3. The third-order valence-electron chi connectivity index (χ3n) is 4.25. The van der Waals surface area contributed by atoms with E-state index in [2.05, 4.69) is 16.7 Å². The quantitative estimate of drug-likeness (QED) is 0.777. The van der Waals surface area contributed by atoms with Crippen molar-refractivity contribution in [2.24, 2.45) is 5.92 Å². The molecule has 1 aliphatic carbocycles. The second-order valence-corrected chi connectivity index (χ2v) is 6.93. The fourth-order valence-electron chi connectivity index (χ4n) is 2.78. The second-order valence-electron chi connectivity index (χ2n) is 6.50. The van der Waals surface area contributed by atoms with Crippen LogP contribution in [0.5, 0.6) is 5.75 Å². The Hall–Kier alpha value is -1.70. The molecule has 0 spiro atoms. The van der Waals surface area contributed by atoms with Crippen LogP contribution in [0.4, 0.5) is 4.79 Å². The number of halogens is 1. The number of carbonyl (C=O) groups excluding carboxylic acids is 1. The van der Waals surface area contributed by atoms with Gasteiger partial charge >= 0.3 is 6.09 Å². The van der Waals surface area contributed by atoms with E-state index in [0.717, 1.165) is 32.2 Å². The van der Waals surface area contributed by atoms with E-state index < -0.39 is 0 Å². The molecule has 24 heavy (non-hydrogen) atoms. The summed E-state index contributed by atoms with van der Waals surface area (Å²) < 4.78 is 5.40. The number of carbonyl (C=O) groups is 1. The Kier molecular flexibility index (Phi) is 6.96. The van der Waals surface area contributed by atoms with Gasteiger partial charge in [0.1, 0.15) is 5.75 Å². The number of nitrogens with zero attached hydrogens (tertiary/aromatic N) is 2. The van der Waals surface area contributed by atoms with Gasteiger partial charge in [-0.1, -0.05) is 23.4 Å². The first kappa shape index (κ1) is 18.6. The SMILES string of the molecule is CN(C)CC#CC1CCC(N(C)C(=O)Oc2ccc(Cl)cc2)CC1. The highest BCUT2D eigenvalue weighted by molar-refractivity contribution is 6.30. The number of rotatable bonds is 3. The van der Waals surface area contributed by atoms with Crippen LogP contribution in [0.3, 0.4) is 0 Å². The summed E-state index contributed by atoms with van der Waals surface area (Å²) in [6.45, 7) is 0.799. The fraction of sp³-hybridized carbons (Fsp3) is 0.526. The standard InChI is InChI=1S/C19H25ClN2O2/c1-21(2)14-4-5-15-6-10-17(11-7-15)22(3)19(23)24-18-12-8-16(20)9-13-18/h8-9,12-13,15,17H,6-7,10-11,14H2,1-3H3. The highest BCUT2D eigenvalue weighted by atomic mass is 35.5. The van der Waals surface area contributed by atoms with E-state index in [1.807, 2.05) is 14.1 Å². The highest BCUT2D eigenvalue weighted by Gasteiger charge is 2.26. The molecule has 0 saturated heterocycles. The van der Waals surface area contributed by atoms with Crippen molar-refractivity contribution in [3.8, 4) is 17.6 Å². The maximum absolute atomic E-state index is 12.3. The molecule has 0 unspecified atom stereocenters. The van der Waals surface area contributed by atoms with Crippen molar-refractivity contribution in [3.05, 3.63) is 29.3 Å². The maximum atomic E-state index is 12.3. The molecule has 1 amide bonds. The van der Waals surface area contributed by atoms with Gasteiger partial charge in [0.05, 0.1) is 6.54 Å². The lowest BCUT2D eigenvalue weighted by Gasteiger charge is -2.32. The summed E-state index contributed by atoms with van der Waals surface area (Å²) in [6.07, 6.45) is 3.67. The molecule has 130 valence electrons. The van der Waals surface area contributed by atoms with E-state index in [4.69, 9.17) is 16.3 Å². The number of ether oxygens (including phenoxy) is 1. The minimum atomic E-state index is -0.320. The zero-order chi connectivity index (χ0) is 17.5. The molecule has 4 nitrogen and oxygen atoms in total. The molecular formula is C19H25ClN2O2. The molecule has 0 aliphatic heterocycles. The minimum Gasteiger partial charge on any atom is -0.410 e. The van der Waals surface area contributed by atoms with Crippen LogP contribution in [0.1, 0.15) is 25.7 Å². The van der Waals surface area contributed by atoms with Crippen molar-refractivity contribution in [3.63, 3.8) is 0 Å². The van der Waals surface area contributed by atoms with Crippen LogP contribution in [0.25, 0.3) is 0 Å².